The fraction of sp³-hybridized carbons (Fsp3) is 0.571. The number of hydrogen-bond donors (Lipinski definition) is 1. The Morgan fingerprint density at radius 1 is 1.44 bits per heavy atom. The van der Waals surface area contributed by atoms with Gasteiger partial charge in [0.15, 0.2) is 8.32 Å². The van der Waals surface area contributed by atoms with Crippen LogP contribution in [0.5, 0.6) is 0 Å². The van der Waals surface area contributed by atoms with Crippen LogP contribution in [0.15, 0.2) is 23.0 Å². The van der Waals surface area contributed by atoms with Crippen molar-refractivity contribution in [2.24, 2.45) is 0 Å². The molecule has 100 valence electrons. The van der Waals surface area contributed by atoms with Crippen LogP contribution in [-0.2, 0) is 4.43 Å². The highest BCUT2D eigenvalue weighted by Crippen LogP contribution is 2.36. The first kappa shape index (κ1) is 15.0. The van der Waals surface area contributed by atoms with Gasteiger partial charge in [-0.3, -0.25) is 0 Å². The molecule has 0 aliphatic rings. The average molecular weight is 266 g/mol. The monoisotopic (exact) mass is 266 g/mol. The molecule has 0 spiro atoms. The molecule has 0 amide bonds. The lowest BCUT2D eigenvalue weighted by Crippen LogP contribution is -2.40. The fourth-order valence-corrected chi connectivity index (χ4v) is 1.95. The van der Waals surface area contributed by atoms with E-state index in [1.165, 1.54) is 12.5 Å². The van der Waals surface area contributed by atoms with Crippen LogP contribution in [0.1, 0.15) is 32.4 Å². The molecule has 0 unspecified atom stereocenters. The quantitative estimate of drug-likeness (QED) is 0.674. The van der Waals surface area contributed by atoms with E-state index in [0.29, 0.717) is 12.2 Å². The number of aliphatic hydroxyl groups is 1. The van der Waals surface area contributed by atoms with Crippen LogP contribution < -0.4 is 0 Å². The van der Waals surface area contributed by atoms with Gasteiger partial charge in [-0.05, 0) is 24.2 Å². The van der Waals surface area contributed by atoms with Crippen molar-refractivity contribution >= 4 is 8.32 Å². The van der Waals surface area contributed by atoms with Gasteiger partial charge >= 0.3 is 0 Å². The van der Waals surface area contributed by atoms with Crippen LogP contribution in [0.2, 0.25) is 18.1 Å². The first-order valence-electron chi connectivity index (χ1n) is 6.06. The SMILES string of the molecule is CC(C)(C)[Si](C)(C)OCC#C[C@H](O)c1ccoc1. The van der Waals surface area contributed by atoms with Gasteiger partial charge in [0.2, 0.25) is 0 Å². The third-order valence-electron chi connectivity index (χ3n) is 3.41. The van der Waals surface area contributed by atoms with Crippen LogP contribution in [0.4, 0.5) is 0 Å². The van der Waals surface area contributed by atoms with Gasteiger partial charge < -0.3 is 13.9 Å². The van der Waals surface area contributed by atoms with E-state index in [4.69, 9.17) is 8.84 Å². The summed E-state index contributed by atoms with van der Waals surface area (Å²) in [7, 11) is -1.75. The van der Waals surface area contributed by atoms with Crippen molar-refractivity contribution in [3.63, 3.8) is 0 Å². The molecule has 0 aliphatic carbocycles. The van der Waals surface area contributed by atoms with E-state index in [1.807, 2.05) is 0 Å². The molecule has 1 heterocycles. The van der Waals surface area contributed by atoms with Crippen molar-refractivity contribution in [2.45, 2.75) is 45.0 Å². The largest absolute Gasteiger partial charge is 0.472 e. The Balaban J connectivity index is 2.48. The Morgan fingerprint density at radius 2 is 2.11 bits per heavy atom. The lowest BCUT2D eigenvalue weighted by atomic mass is 10.2. The van der Waals surface area contributed by atoms with E-state index < -0.39 is 14.4 Å². The van der Waals surface area contributed by atoms with Gasteiger partial charge in [-0.1, -0.05) is 32.6 Å². The van der Waals surface area contributed by atoms with Crippen LogP contribution in [0, 0.1) is 11.8 Å². The minimum atomic E-state index is -1.75. The summed E-state index contributed by atoms with van der Waals surface area (Å²) in [6.07, 6.45) is 2.22. The van der Waals surface area contributed by atoms with Gasteiger partial charge in [0.05, 0.1) is 19.1 Å². The van der Waals surface area contributed by atoms with Gasteiger partial charge in [0.25, 0.3) is 0 Å². The van der Waals surface area contributed by atoms with Crippen molar-refractivity contribution in [3.8, 4) is 11.8 Å². The molecule has 0 bridgehead atoms. The molecule has 1 atom stereocenters. The molecule has 1 N–H and O–H groups in total. The fourth-order valence-electron chi connectivity index (χ4n) is 1.09. The van der Waals surface area contributed by atoms with E-state index in [9.17, 15) is 5.11 Å². The predicted octanol–water partition coefficient (Wildman–Crippen LogP) is 3.34. The van der Waals surface area contributed by atoms with Crippen LogP contribution >= 0.6 is 0 Å². The van der Waals surface area contributed by atoms with E-state index in [1.54, 1.807) is 6.07 Å². The van der Waals surface area contributed by atoms with Crippen LogP contribution in [0.25, 0.3) is 0 Å². The highest BCUT2D eigenvalue weighted by Gasteiger charge is 2.36. The molecule has 0 saturated carbocycles. The molecule has 18 heavy (non-hydrogen) atoms. The summed E-state index contributed by atoms with van der Waals surface area (Å²) < 4.78 is 10.8. The smallest absolute Gasteiger partial charge is 0.193 e. The van der Waals surface area contributed by atoms with Crippen molar-refractivity contribution in [1.82, 2.24) is 0 Å². The summed E-state index contributed by atoms with van der Waals surface area (Å²) in [5, 5.41) is 9.90. The van der Waals surface area contributed by atoms with Gasteiger partial charge in [-0.15, -0.1) is 0 Å². The number of furan rings is 1. The molecule has 0 radical (unpaired) electrons. The Morgan fingerprint density at radius 3 is 2.61 bits per heavy atom. The number of rotatable bonds is 3. The Bertz CT molecular complexity index is 418. The van der Waals surface area contributed by atoms with Crippen molar-refractivity contribution in [1.29, 1.82) is 0 Å². The summed E-state index contributed by atoms with van der Waals surface area (Å²) >= 11 is 0. The average Bonchev–Trinajstić information content (AvgIpc) is 2.75. The van der Waals surface area contributed by atoms with Gasteiger partial charge in [0, 0.05) is 5.56 Å². The van der Waals surface area contributed by atoms with E-state index in [-0.39, 0.29) is 5.04 Å². The maximum Gasteiger partial charge on any atom is 0.193 e. The number of hydrogen-bond acceptors (Lipinski definition) is 3. The molecule has 0 aromatic carbocycles. The van der Waals surface area contributed by atoms with E-state index in [0.717, 1.165) is 0 Å². The summed E-state index contributed by atoms with van der Waals surface area (Å²) in [6.45, 7) is 11.3. The molecule has 1 aromatic heterocycles. The molecule has 0 saturated heterocycles. The Hall–Kier alpha value is -1.02. The zero-order valence-electron chi connectivity index (χ0n) is 11.8. The van der Waals surface area contributed by atoms with Crippen LogP contribution in [-0.4, -0.2) is 20.0 Å². The second kappa shape index (κ2) is 5.74. The number of aliphatic hydroxyl groups excluding tert-OH is 1. The molecule has 0 aliphatic heterocycles. The minimum Gasteiger partial charge on any atom is -0.472 e. The lowest BCUT2D eigenvalue weighted by molar-refractivity contribution is 0.236. The summed E-state index contributed by atoms with van der Waals surface area (Å²) in [4.78, 5) is 0. The van der Waals surface area contributed by atoms with Gasteiger partial charge in [-0.25, -0.2) is 0 Å². The maximum absolute atomic E-state index is 9.72. The second-order valence-electron chi connectivity index (χ2n) is 5.83. The summed E-state index contributed by atoms with van der Waals surface area (Å²) in [5.41, 5.74) is 0.676. The molecule has 4 heteroatoms. The third kappa shape index (κ3) is 4.02. The van der Waals surface area contributed by atoms with Crippen molar-refractivity contribution in [3.05, 3.63) is 24.2 Å². The maximum atomic E-state index is 9.72. The molecular weight excluding hydrogens is 244 g/mol. The summed E-state index contributed by atoms with van der Waals surface area (Å²) in [6, 6.07) is 1.70. The standard InChI is InChI=1S/C14H22O3Si/c1-14(2,3)18(4,5)17-9-6-7-13(15)12-8-10-16-11-12/h8,10-11,13,15H,9H2,1-5H3/t13-/m0/s1. The lowest BCUT2D eigenvalue weighted by Gasteiger charge is -2.35. The Kier molecular flexibility index (Phi) is 4.80. The van der Waals surface area contributed by atoms with Gasteiger partial charge in [0.1, 0.15) is 6.10 Å². The Labute approximate surface area is 110 Å². The third-order valence-corrected chi connectivity index (χ3v) is 7.89. The normalized spacial score (nSPS) is 13.9. The first-order chi connectivity index (χ1) is 8.24. The van der Waals surface area contributed by atoms with E-state index >= 15 is 0 Å². The predicted molar refractivity (Wildman–Crippen MR) is 74.6 cm³/mol. The first-order valence-corrected chi connectivity index (χ1v) is 8.97. The van der Waals surface area contributed by atoms with Crippen molar-refractivity contribution in [2.75, 3.05) is 6.61 Å². The second-order valence-corrected chi connectivity index (χ2v) is 10.6. The highest BCUT2D eigenvalue weighted by molar-refractivity contribution is 6.74. The van der Waals surface area contributed by atoms with Crippen molar-refractivity contribution < 1.29 is 13.9 Å². The van der Waals surface area contributed by atoms with E-state index in [2.05, 4.69) is 45.7 Å². The topological polar surface area (TPSA) is 42.6 Å². The molecule has 0 fully saturated rings. The van der Waals surface area contributed by atoms with Crippen LogP contribution in [0.3, 0.4) is 0 Å². The zero-order valence-corrected chi connectivity index (χ0v) is 12.8. The zero-order chi connectivity index (χ0) is 13.8. The molecule has 1 rings (SSSR count). The summed E-state index contributed by atoms with van der Waals surface area (Å²) in [5.74, 6) is 5.62. The molecular formula is C14H22O3Si. The molecule has 3 nitrogen and oxygen atoms in total. The minimum absolute atomic E-state index is 0.178. The van der Waals surface area contributed by atoms with Gasteiger partial charge in [-0.2, -0.15) is 0 Å². The molecule has 1 aromatic rings. The highest BCUT2D eigenvalue weighted by atomic mass is 28.4.